The zero-order valence-corrected chi connectivity index (χ0v) is 18.7. The summed E-state index contributed by atoms with van der Waals surface area (Å²) in [7, 11) is 1.63. The summed E-state index contributed by atoms with van der Waals surface area (Å²) in [4.78, 5) is 31.5. The van der Waals surface area contributed by atoms with E-state index in [4.69, 9.17) is 4.74 Å². The van der Waals surface area contributed by atoms with Gasteiger partial charge < -0.3 is 15.0 Å². The molecular formula is C25H25N3O3S. The lowest BCUT2D eigenvalue weighted by molar-refractivity contribution is -0.130. The van der Waals surface area contributed by atoms with Crippen LogP contribution < -0.4 is 10.1 Å². The zero-order valence-electron chi connectivity index (χ0n) is 17.9. The number of rotatable bonds is 6. The number of likely N-dealkylation sites (tertiary alicyclic amines) is 1. The van der Waals surface area contributed by atoms with E-state index in [1.54, 1.807) is 18.1 Å². The molecule has 2 heterocycles. The maximum absolute atomic E-state index is 12.7. The Morgan fingerprint density at radius 3 is 2.50 bits per heavy atom. The summed E-state index contributed by atoms with van der Waals surface area (Å²) in [5.41, 5.74) is 2.78. The molecule has 0 atom stereocenters. The number of aromatic nitrogens is 1. The molecule has 1 aromatic heterocycles. The molecule has 1 aliphatic rings. The number of amides is 2. The standard InChI is InChI=1S/C25H25N3O3S/c1-31-21-10-8-19(9-11-21)22-17-32-25(26-22)27-24(30)20-13-15-28(16-14-20)23(29)12-7-18-5-3-2-4-6-18/h2-12,17,20H,13-16H2,1H3,(H,26,27,30)/b12-7+. The first-order valence-electron chi connectivity index (χ1n) is 10.6. The van der Waals surface area contributed by atoms with Gasteiger partial charge in [-0.15, -0.1) is 11.3 Å². The maximum Gasteiger partial charge on any atom is 0.246 e. The Kier molecular flexibility index (Phi) is 6.97. The molecule has 2 amide bonds. The Balaban J connectivity index is 1.28. The highest BCUT2D eigenvalue weighted by atomic mass is 32.1. The van der Waals surface area contributed by atoms with Gasteiger partial charge in [-0.05, 0) is 48.7 Å². The Morgan fingerprint density at radius 1 is 1.09 bits per heavy atom. The molecule has 1 aliphatic heterocycles. The van der Waals surface area contributed by atoms with Crippen LogP contribution in [0.2, 0.25) is 0 Å². The summed E-state index contributed by atoms with van der Waals surface area (Å²) in [6.07, 6.45) is 4.72. The number of nitrogens with zero attached hydrogens (tertiary/aromatic N) is 2. The topological polar surface area (TPSA) is 71.5 Å². The number of methoxy groups -OCH3 is 1. The van der Waals surface area contributed by atoms with Crippen molar-refractivity contribution in [3.63, 3.8) is 0 Å². The highest BCUT2D eigenvalue weighted by Gasteiger charge is 2.27. The van der Waals surface area contributed by atoms with E-state index in [9.17, 15) is 9.59 Å². The van der Waals surface area contributed by atoms with E-state index in [-0.39, 0.29) is 17.7 Å². The summed E-state index contributed by atoms with van der Waals surface area (Å²) in [6, 6.07) is 17.4. The average Bonchev–Trinajstić information content (AvgIpc) is 3.31. The second-order valence-electron chi connectivity index (χ2n) is 7.60. The van der Waals surface area contributed by atoms with Gasteiger partial charge in [-0.2, -0.15) is 0 Å². The van der Waals surface area contributed by atoms with Crippen molar-refractivity contribution in [2.75, 3.05) is 25.5 Å². The number of carbonyl (C=O) groups is 2. The second kappa shape index (κ2) is 10.2. The molecule has 32 heavy (non-hydrogen) atoms. The highest BCUT2D eigenvalue weighted by molar-refractivity contribution is 7.14. The third-order valence-electron chi connectivity index (χ3n) is 5.52. The zero-order chi connectivity index (χ0) is 22.3. The molecule has 6 nitrogen and oxygen atoms in total. The van der Waals surface area contributed by atoms with Gasteiger partial charge in [0.2, 0.25) is 11.8 Å². The van der Waals surface area contributed by atoms with Gasteiger partial charge in [0, 0.05) is 36.0 Å². The van der Waals surface area contributed by atoms with Gasteiger partial charge in [0.15, 0.2) is 5.13 Å². The predicted octanol–water partition coefficient (Wildman–Crippen LogP) is 4.71. The normalized spacial score (nSPS) is 14.5. The van der Waals surface area contributed by atoms with Gasteiger partial charge in [-0.1, -0.05) is 30.3 Å². The van der Waals surface area contributed by atoms with Crippen molar-refractivity contribution >= 4 is 34.4 Å². The van der Waals surface area contributed by atoms with E-state index >= 15 is 0 Å². The van der Waals surface area contributed by atoms with Crippen molar-refractivity contribution in [1.29, 1.82) is 0 Å². The van der Waals surface area contributed by atoms with E-state index in [1.807, 2.05) is 66.1 Å². The van der Waals surface area contributed by atoms with Gasteiger partial charge >= 0.3 is 0 Å². The van der Waals surface area contributed by atoms with Crippen LogP contribution in [0, 0.1) is 5.92 Å². The molecule has 3 aromatic rings. The number of piperidine rings is 1. The molecule has 0 saturated carbocycles. The molecule has 4 rings (SSSR count). The smallest absolute Gasteiger partial charge is 0.246 e. The van der Waals surface area contributed by atoms with Gasteiger partial charge in [0.1, 0.15) is 5.75 Å². The van der Waals surface area contributed by atoms with Crippen molar-refractivity contribution < 1.29 is 14.3 Å². The molecular weight excluding hydrogens is 422 g/mol. The molecule has 1 N–H and O–H groups in total. The van der Waals surface area contributed by atoms with Gasteiger partial charge in [-0.3, -0.25) is 9.59 Å². The van der Waals surface area contributed by atoms with Gasteiger partial charge in [-0.25, -0.2) is 4.98 Å². The number of thiazole rings is 1. The number of hydrogen-bond donors (Lipinski definition) is 1. The monoisotopic (exact) mass is 447 g/mol. The van der Waals surface area contributed by atoms with E-state index in [0.29, 0.717) is 31.1 Å². The lowest BCUT2D eigenvalue weighted by atomic mass is 9.96. The lowest BCUT2D eigenvalue weighted by Crippen LogP contribution is -2.40. The fourth-order valence-corrected chi connectivity index (χ4v) is 4.35. The summed E-state index contributed by atoms with van der Waals surface area (Å²) in [5, 5.41) is 5.46. The Labute approximate surface area is 191 Å². The first-order valence-corrected chi connectivity index (χ1v) is 11.4. The van der Waals surface area contributed by atoms with Crippen LogP contribution >= 0.6 is 11.3 Å². The third kappa shape index (κ3) is 5.42. The summed E-state index contributed by atoms with van der Waals surface area (Å²) >= 11 is 1.41. The van der Waals surface area contributed by atoms with Crippen LogP contribution in [0.5, 0.6) is 5.75 Å². The summed E-state index contributed by atoms with van der Waals surface area (Å²) in [5.74, 6) is 0.618. The van der Waals surface area contributed by atoms with Crippen LogP contribution in [0.25, 0.3) is 17.3 Å². The van der Waals surface area contributed by atoms with E-state index < -0.39 is 0 Å². The van der Waals surface area contributed by atoms with Crippen LogP contribution in [-0.2, 0) is 9.59 Å². The molecule has 1 fully saturated rings. The number of anilines is 1. The molecule has 164 valence electrons. The van der Waals surface area contributed by atoms with Crippen LogP contribution in [0.4, 0.5) is 5.13 Å². The van der Waals surface area contributed by atoms with Crippen LogP contribution in [0.15, 0.2) is 66.1 Å². The highest BCUT2D eigenvalue weighted by Crippen LogP contribution is 2.27. The summed E-state index contributed by atoms with van der Waals surface area (Å²) in [6.45, 7) is 1.15. The lowest BCUT2D eigenvalue weighted by Gasteiger charge is -2.30. The molecule has 1 saturated heterocycles. The molecule has 0 radical (unpaired) electrons. The van der Waals surface area contributed by atoms with Crippen molar-refractivity contribution in [3.8, 4) is 17.0 Å². The number of carbonyl (C=O) groups excluding carboxylic acids is 2. The number of hydrogen-bond acceptors (Lipinski definition) is 5. The molecule has 7 heteroatoms. The van der Waals surface area contributed by atoms with E-state index in [0.717, 1.165) is 22.6 Å². The van der Waals surface area contributed by atoms with Crippen LogP contribution in [0.1, 0.15) is 18.4 Å². The molecule has 0 unspecified atom stereocenters. The largest absolute Gasteiger partial charge is 0.497 e. The van der Waals surface area contributed by atoms with Crippen LogP contribution in [-0.4, -0.2) is 41.9 Å². The average molecular weight is 448 g/mol. The Morgan fingerprint density at radius 2 is 1.81 bits per heavy atom. The molecule has 2 aromatic carbocycles. The van der Waals surface area contributed by atoms with Crippen molar-refractivity contribution in [2.45, 2.75) is 12.8 Å². The van der Waals surface area contributed by atoms with E-state index in [1.165, 1.54) is 11.3 Å². The van der Waals surface area contributed by atoms with Crippen LogP contribution in [0.3, 0.4) is 0 Å². The number of benzene rings is 2. The van der Waals surface area contributed by atoms with Crippen molar-refractivity contribution in [2.24, 2.45) is 5.92 Å². The molecule has 0 spiro atoms. The van der Waals surface area contributed by atoms with E-state index in [2.05, 4.69) is 10.3 Å². The predicted molar refractivity (Wildman–Crippen MR) is 128 cm³/mol. The Hall–Kier alpha value is -3.45. The first-order chi connectivity index (χ1) is 15.6. The fraction of sp³-hybridized carbons (Fsp3) is 0.240. The number of ether oxygens (including phenoxy) is 1. The SMILES string of the molecule is COc1ccc(-c2csc(NC(=O)C3CCN(C(=O)/C=C/c4ccccc4)CC3)n2)cc1. The Bertz CT molecular complexity index is 1090. The first kappa shape index (κ1) is 21.8. The number of nitrogens with one attached hydrogen (secondary N) is 1. The minimum atomic E-state index is -0.120. The molecule has 0 aliphatic carbocycles. The summed E-state index contributed by atoms with van der Waals surface area (Å²) < 4.78 is 5.18. The second-order valence-corrected chi connectivity index (χ2v) is 8.46. The molecule has 0 bridgehead atoms. The van der Waals surface area contributed by atoms with Gasteiger partial charge in [0.25, 0.3) is 0 Å². The fourth-order valence-electron chi connectivity index (χ4n) is 3.63. The van der Waals surface area contributed by atoms with Crippen molar-refractivity contribution in [3.05, 3.63) is 71.6 Å². The minimum absolute atomic E-state index is 0.0169. The van der Waals surface area contributed by atoms with Crippen molar-refractivity contribution in [1.82, 2.24) is 9.88 Å². The maximum atomic E-state index is 12.7. The van der Waals surface area contributed by atoms with Gasteiger partial charge in [0.05, 0.1) is 12.8 Å². The minimum Gasteiger partial charge on any atom is -0.497 e. The quantitative estimate of drug-likeness (QED) is 0.556. The third-order valence-corrected chi connectivity index (χ3v) is 6.27.